The fraction of sp³-hybridized carbons (Fsp3) is 0.662. The van der Waals surface area contributed by atoms with Crippen LogP contribution >= 0.6 is 0 Å². The fourth-order valence-electron chi connectivity index (χ4n) is 15.5. The van der Waals surface area contributed by atoms with Crippen molar-refractivity contribution in [2.24, 2.45) is 29.1 Å². The highest BCUT2D eigenvalue weighted by Gasteiger charge is 2.53. The third-order valence-corrected chi connectivity index (χ3v) is 21.7. The monoisotopic (exact) mass is 1190 g/mol. The lowest BCUT2D eigenvalue weighted by Crippen LogP contribution is -2.62. The average molecular weight is 1190 g/mol. The van der Waals surface area contributed by atoms with Gasteiger partial charge in [0.2, 0.25) is 0 Å². The molecule has 4 aliphatic heterocycles. The fourth-order valence-corrected chi connectivity index (χ4v) is 15.5. The van der Waals surface area contributed by atoms with E-state index < -0.39 is 17.0 Å². The lowest BCUT2D eigenvalue weighted by Gasteiger charge is -2.53. The van der Waals surface area contributed by atoms with Crippen molar-refractivity contribution in [2.75, 3.05) is 65.8 Å². The molecule has 4 atom stereocenters. The van der Waals surface area contributed by atoms with E-state index in [2.05, 4.69) is 128 Å². The minimum atomic E-state index is -0.758. The Morgan fingerprint density at radius 2 is 0.690 bits per heavy atom. The topological polar surface area (TPSA) is 96.0 Å². The molecule has 0 saturated carbocycles. The second kappa shape index (κ2) is 30.4. The Bertz CT molecular complexity index is 2530. The van der Waals surface area contributed by atoms with Gasteiger partial charge in [-0.25, -0.2) is 9.59 Å². The van der Waals surface area contributed by atoms with Crippen LogP contribution in [0.4, 0.5) is 9.59 Å². The summed E-state index contributed by atoms with van der Waals surface area (Å²) in [5, 5.41) is 0. The van der Waals surface area contributed by atoms with Crippen molar-refractivity contribution >= 4 is 12.2 Å². The van der Waals surface area contributed by atoms with Gasteiger partial charge in [0.15, 0.2) is 11.6 Å². The van der Waals surface area contributed by atoms with Crippen LogP contribution in [0, 0.1) is 29.1 Å². The molecule has 10 heteroatoms. The smallest absolute Gasteiger partial charge is 0.409 e. The molecule has 3 spiro atoms. The van der Waals surface area contributed by atoms with E-state index in [1.165, 1.54) is 169 Å². The summed E-state index contributed by atoms with van der Waals surface area (Å²) in [6.45, 7) is 22.9. The highest BCUT2D eigenvalue weighted by atomic mass is 16.7. The van der Waals surface area contributed by atoms with Gasteiger partial charge >= 0.3 is 12.2 Å². The highest BCUT2D eigenvalue weighted by Crippen LogP contribution is 2.49. The number of hydrogen-bond donors (Lipinski definition) is 0. The summed E-state index contributed by atoms with van der Waals surface area (Å²) in [5.41, 5.74) is 15.4. The number of amides is 2. The first-order valence-electron chi connectivity index (χ1n) is 35.3. The maximum atomic E-state index is 14.1. The molecule has 4 fully saturated rings. The van der Waals surface area contributed by atoms with E-state index in [9.17, 15) is 9.59 Å². The molecule has 4 aromatic carbocycles. The number of benzene rings is 4. The molecule has 0 radical (unpaired) electrons. The molecule has 4 aromatic rings. The minimum Gasteiger partial charge on any atom is -0.448 e. The van der Waals surface area contributed by atoms with Crippen molar-refractivity contribution in [3.05, 3.63) is 117 Å². The lowest BCUT2D eigenvalue weighted by atomic mass is 9.87. The van der Waals surface area contributed by atoms with Crippen molar-refractivity contribution in [2.45, 2.75) is 233 Å². The zero-order valence-electron chi connectivity index (χ0n) is 55.1. The summed E-state index contributed by atoms with van der Waals surface area (Å²) < 4.78 is 39.4. The molecule has 4 heterocycles. The molecular formula is C77H110N2O8. The molecule has 2 aliphatic carbocycles. The number of piperidine rings is 2. The summed E-state index contributed by atoms with van der Waals surface area (Å²) in [6, 6.07) is 28.5. The second-order valence-electron chi connectivity index (χ2n) is 27.9. The summed E-state index contributed by atoms with van der Waals surface area (Å²) in [7, 11) is 0. The first-order valence-corrected chi connectivity index (χ1v) is 35.3. The number of carbonyl (C=O) groups is 2. The normalized spacial score (nSPS) is 21.1. The van der Waals surface area contributed by atoms with Crippen LogP contribution in [-0.2, 0) is 54.1 Å². The molecule has 0 aromatic heterocycles. The summed E-state index contributed by atoms with van der Waals surface area (Å²) >= 11 is 0. The van der Waals surface area contributed by atoms with Crippen molar-refractivity contribution in [3.8, 4) is 22.3 Å². The molecule has 2 amide bonds. The largest absolute Gasteiger partial charge is 0.448 e. The van der Waals surface area contributed by atoms with Gasteiger partial charge in [-0.1, -0.05) is 231 Å². The van der Waals surface area contributed by atoms with Crippen molar-refractivity contribution in [3.63, 3.8) is 0 Å². The Balaban J connectivity index is 0.707. The van der Waals surface area contributed by atoms with E-state index in [1.807, 2.05) is 9.80 Å². The van der Waals surface area contributed by atoms with Gasteiger partial charge in [-0.3, -0.25) is 0 Å². The lowest BCUT2D eigenvalue weighted by molar-refractivity contribution is -0.377. The van der Waals surface area contributed by atoms with E-state index >= 15 is 0 Å². The van der Waals surface area contributed by atoms with Gasteiger partial charge < -0.3 is 38.2 Å². The van der Waals surface area contributed by atoms with Gasteiger partial charge in [-0.05, 0) is 116 Å². The molecule has 6 aliphatic rings. The molecule has 10 nitrogen and oxygen atoms in total. The Kier molecular flexibility index (Phi) is 22.8. The van der Waals surface area contributed by atoms with Gasteiger partial charge in [0.1, 0.15) is 13.2 Å². The quantitative estimate of drug-likeness (QED) is 0.0555. The number of nitrogens with zero attached hydrogens (tertiary/aromatic N) is 2. The van der Waals surface area contributed by atoms with Gasteiger partial charge in [0, 0.05) is 63.7 Å². The standard InChI is InChI=1S/C77H110N2O8/c1-9-17-21-55(13-5)41-59-25-29-63-64-30-26-60(42-56(14-6)22-18-10-2)46-68(64)71(67(63)45-59)49-82-73(80)78-37-33-76(34-38-78)84-51-75(52-85-76)53-86-77(87-54-75)35-39-79(40-36-77)74(81)83-50-72-69-47-61(43-57(15-7)23-19-11-3)27-31-65(69)66-32-28-62(48-70(66)72)44-58(16-8)24-20-12-4/h25-32,45-48,55-58,71-72H,9-24,33-44,49-54H2,1-8H3. The van der Waals surface area contributed by atoms with Crippen LogP contribution in [0.2, 0.25) is 0 Å². The van der Waals surface area contributed by atoms with Crippen LogP contribution in [0.5, 0.6) is 0 Å². The zero-order valence-corrected chi connectivity index (χ0v) is 55.1. The van der Waals surface area contributed by atoms with E-state index in [0.717, 1.165) is 25.7 Å². The Morgan fingerprint density at radius 3 is 0.931 bits per heavy atom. The number of hydrogen-bond acceptors (Lipinski definition) is 8. The molecule has 4 unspecified atom stereocenters. The van der Waals surface area contributed by atoms with Gasteiger partial charge in [-0.15, -0.1) is 0 Å². The summed E-state index contributed by atoms with van der Waals surface area (Å²) in [6.07, 6.45) is 25.9. The third-order valence-electron chi connectivity index (χ3n) is 21.7. The maximum Gasteiger partial charge on any atom is 0.409 e. The first-order chi connectivity index (χ1) is 42.4. The third kappa shape index (κ3) is 15.5. The number of unbranched alkanes of at least 4 members (excludes halogenated alkanes) is 4. The molecule has 87 heavy (non-hydrogen) atoms. The van der Waals surface area contributed by atoms with E-state index in [-0.39, 0.29) is 24.0 Å². The van der Waals surface area contributed by atoms with Crippen LogP contribution in [0.1, 0.15) is 240 Å². The summed E-state index contributed by atoms with van der Waals surface area (Å²) in [4.78, 5) is 31.8. The molecule has 10 rings (SSSR count). The van der Waals surface area contributed by atoms with Crippen LogP contribution in [0.3, 0.4) is 0 Å². The highest BCUT2D eigenvalue weighted by molar-refractivity contribution is 5.81. The van der Waals surface area contributed by atoms with Gasteiger partial charge in [0.25, 0.3) is 0 Å². The van der Waals surface area contributed by atoms with Crippen LogP contribution in [-0.4, -0.2) is 99.4 Å². The summed E-state index contributed by atoms with van der Waals surface area (Å²) in [5.74, 6) is 1.17. The van der Waals surface area contributed by atoms with Crippen molar-refractivity contribution in [1.29, 1.82) is 0 Å². The van der Waals surface area contributed by atoms with Crippen LogP contribution in [0.25, 0.3) is 22.3 Å². The van der Waals surface area contributed by atoms with Gasteiger partial charge in [0.05, 0.1) is 31.8 Å². The molecule has 0 bridgehead atoms. The molecular weight excluding hydrogens is 1080 g/mol. The number of carbonyl (C=O) groups excluding carboxylic acids is 2. The van der Waals surface area contributed by atoms with Crippen LogP contribution in [0.15, 0.2) is 72.8 Å². The first kappa shape index (κ1) is 65.2. The number of rotatable bonds is 28. The number of likely N-dealkylation sites (tertiary alicyclic amines) is 2. The van der Waals surface area contributed by atoms with E-state index in [0.29, 0.717) is 115 Å². The Hall–Kier alpha value is -4.74. The number of ether oxygens (including phenoxy) is 6. The van der Waals surface area contributed by atoms with E-state index in [4.69, 9.17) is 28.4 Å². The van der Waals surface area contributed by atoms with Crippen LogP contribution < -0.4 is 0 Å². The van der Waals surface area contributed by atoms with Gasteiger partial charge in [-0.2, -0.15) is 0 Å². The molecule has 0 N–H and O–H groups in total. The van der Waals surface area contributed by atoms with Crippen molar-refractivity contribution in [1.82, 2.24) is 9.80 Å². The predicted octanol–water partition coefficient (Wildman–Crippen LogP) is 18.6. The predicted molar refractivity (Wildman–Crippen MR) is 351 cm³/mol. The van der Waals surface area contributed by atoms with E-state index in [1.54, 1.807) is 0 Å². The Morgan fingerprint density at radius 1 is 0.425 bits per heavy atom. The Labute approximate surface area is 524 Å². The minimum absolute atomic E-state index is 0.00378. The average Bonchev–Trinajstić information content (AvgIpc) is 1.94. The second-order valence-corrected chi connectivity index (χ2v) is 27.9. The number of fused-ring (bicyclic) bond motifs is 6. The maximum absolute atomic E-state index is 14.1. The SMILES string of the molecule is CCCCC(CC)Cc1ccc2c(c1)C(COC(=O)N1CCC3(CC1)OCC1(CO3)COC3(CCN(C(=O)OCC4c5cc(CC(CC)CCCC)ccc5-c5ccc(CC(CC)CCCC)cc54)CC3)OC1)c1cc(CC(CC)CCCC)ccc1-2. The zero-order chi connectivity index (χ0) is 61.0. The van der Waals surface area contributed by atoms with Crippen molar-refractivity contribution < 1.29 is 38.0 Å². The molecule has 476 valence electrons. The molecule has 4 saturated heterocycles.